The highest BCUT2D eigenvalue weighted by Crippen LogP contribution is 2.55. The largest absolute Gasteiger partial charge is 0.504 e. The Balaban J connectivity index is 2.53. The number of halogens is 1. The monoisotopic (exact) mass is 285 g/mol. The van der Waals surface area contributed by atoms with E-state index in [4.69, 9.17) is 10.5 Å². The van der Waals surface area contributed by atoms with Gasteiger partial charge in [-0.25, -0.2) is 0 Å². The molecule has 1 fully saturated rings. The number of aromatic hydroxyl groups is 1. The first kappa shape index (κ1) is 11.7. The summed E-state index contributed by atoms with van der Waals surface area (Å²) in [4.78, 5) is 0. The maximum absolute atomic E-state index is 10.1. The van der Waals surface area contributed by atoms with Crippen molar-refractivity contribution in [2.45, 2.75) is 31.2 Å². The molecule has 1 aliphatic carbocycles. The molecule has 0 amide bonds. The second-order valence-corrected chi connectivity index (χ2v) is 5.36. The van der Waals surface area contributed by atoms with Crippen molar-refractivity contribution >= 4 is 15.9 Å². The molecule has 4 heteroatoms. The normalized spacial score (nSPS) is 19.2. The number of ether oxygens (including phenoxy) is 1. The summed E-state index contributed by atoms with van der Waals surface area (Å²) in [6, 6.07) is 3.74. The van der Waals surface area contributed by atoms with E-state index in [1.807, 2.05) is 13.0 Å². The Labute approximate surface area is 104 Å². The molecule has 16 heavy (non-hydrogen) atoms. The molecule has 1 saturated carbocycles. The first-order chi connectivity index (χ1) is 7.51. The minimum Gasteiger partial charge on any atom is -0.504 e. The highest BCUT2D eigenvalue weighted by Gasteiger charge is 2.49. The van der Waals surface area contributed by atoms with Crippen LogP contribution >= 0.6 is 15.9 Å². The SMILES string of the molecule is COc1cc(Br)cc(C2(C(C)N)CC2)c1O. The summed E-state index contributed by atoms with van der Waals surface area (Å²) < 4.78 is 6.05. The third-order valence-corrected chi connectivity index (χ3v) is 3.91. The average molecular weight is 286 g/mol. The number of methoxy groups -OCH3 is 1. The van der Waals surface area contributed by atoms with Gasteiger partial charge in [-0.3, -0.25) is 0 Å². The molecule has 0 aliphatic heterocycles. The summed E-state index contributed by atoms with van der Waals surface area (Å²) in [5.41, 5.74) is 6.84. The molecule has 1 atom stereocenters. The van der Waals surface area contributed by atoms with Crippen molar-refractivity contribution in [3.05, 3.63) is 22.2 Å². The van der Waals surface area contributed by atoms with Crippen LogP contribution in [0.3, 0.4) is 0 Å². The second kappa shape index (κ2) is 3.93. The van der Waals surface area contributed by atoms with Gasteiger partial charge in [-0.2, -0.15) is 0 Å². The summed E-state index contributed by atoms with van der Waals surface area (Å²) in [6.45, 7) is 1.99. The summed E-state index contributed by atoms with van der Waals surface area (Å²) in [7, 11) is 1.55. The van der Waals surface area contributed by atoms with Gasteiger partial charge in [-0.15, -0.1) is 0 Å². The quantitative estimate of drug-likeness (QED) is 0.897. The fourth-order valence-electron chi connectivity index (χ4n) is 2.21. The van der Waals surface area contributed by atoms with Gasteiger partial charge >= 0.3 is 0 Å². The Bertz CT molecular complexity index is 414. The van der Waals surface area contributed by atoms with Crippen LogP contribution in [0.5, 0.6) is 11.5 Å². The number of hydrogen-bond donors (Lipinski definition) is 2. The summed E-state index contributed by atoms with van der Waals surface area (Å²) >= 11 is 3.43. The first-order valence-corrected chi connectivity index (χ1v) is 6.13. The van der Waals surface area contributed by atoms with Gasteiger partial charge in [0.15, 0.2) is 11.5 Å². The molecule has 1 aromatic carbocycles. The third kappa shape index (κ3) is 1.70. The number of benzene rings is 1. The summed E-state index contributed by atoms with van der Waals surface area (Å²) in [5, 5.41) is 10.1. The highest BCUT2D eigenvalue weighted by molar-refractivity contribution is 9.10. The maximum Gasteiger partial charge on any atom is 0.161 e. The Morgan fingerprint density at radius 3 is 2.56 bits per heavy atom. The molecule has 3 nitrogen and oxygen atoms in total. The zero-order chi connectivity index (χ0) is 11.9. The van der Waals surface area contributed by atoms with Gasteiger partial charge in [0.25, 0.3) is 0 Å². The van der Waals surface area contributed by atoms with E-state index >= 15 is 0 Å². The number of phenolic OH excluding ortho intramolecular Hbond substituents is 1. The van der Waals surface area contributed by atoms with Crippen LogP contribution < -0.4 is 10.5 Å². The molecule has 0 aromatic heterocycles. The van der Waals surface area contributed by atoms with E-state index in [1.54, 1.807) is 13.2 Å². The van der Waals surface area contributed by atoms with Crippen LogP contribution in [0.25, 0.3) is 0 Å². The molecule has 3 N–H and O–H groups in total. The fourth-order valence-corrected chi connectivity index (χ4v) is 2.65. The van der Waals surface area contributed by atoms with Crippen molar-refractivity contribution in [1.82, 2.24) is 0 Å². The number of rotatable bonds is 3. The zero-order valence-electron chi connectivity index (χ0n) is 9.46. The lowest BCUT2D eigenvalue weighted by Crippen LogP contribution is -2.31. The predicted octanol–water partition coefficient (Wildman–Crippen LogP) is 2.54. The van der Waals surface area contributed by atoms with Crippen molar-refractivity contribution in [3.63, 3.8) is 0 Å². The molecular formula is C12H16BrNO2. The van der Waals surface area contributed by atoms with Crippen molar-refractivity contribution in [1.29, 1.82) is 0 Å². The number of nitrogens with two attached hydrogens (primary N) is 1. The van der Waals surface area contributed by atoms with Crippen LogP contribution in [0.4, 0.5) is 0 Å². The number of phenols is 1. The van der Waals surface area contributed by atoms with Gasteiger partial charge in [0.2, 0.25) is 0 Å². The lowest BCUT2D eigenvalue weighted by Gasteiger charge is -2.22. The third-order valence-electron chi connectivity index (χ3n) is 3.46. The van der Waals surface area contributed by atoms with Gasteiger partial charge < -0.3 is 15.6 Å². The van der Waals surface area contributed by atoms with Crippen molar-refractivity contribution < 1.29 is 9.84 Å². The number of hydrogen-bond acceptors (Lipinski definition) is 3. The van der Waals surface area contributed by atoms with E-state index in [9.17, 15) is 5.11 Å². The second-order valence-electron chi connectivity index (χ2n) is 4.45. The molecule has 0 bridgehead atoms. The zero-order valence-corrected chi connectivity index (χ0v) is 11.0. The minimum absolute atomic E-state index is 0.0393. The van der Waals surface area contributed by atoms with E-state index in [0.717, 1.165) is 22.9 Å². The van der Waals surface area contributed by atoms with E-state index in [0.29, 0.717) is 5.75 Å². The van der Waals surface area contributed by atoms with Crippen LogP contribution in [0.2, 0.25) is 0 Å². The molecule has 0 radical (unpaired) electrons. The van der Waals surface area contributed by atoms with Crippen molar-refractivity contribution in [2.24, 2.45) is 5.73 Å². The van der Waals surface area contributed by atoms with E-state index in [-0.39, 0.29) is 17.2 Å². The summed E-state index contributed by atoms with van der Waals surface area (Å²) in [5.74, 6) is 0.719. The average Bonchev–Trinajstić information content (AvgIpc) is 3.02. The van der Waals surface area contributed by atoms with Crippen molar-refractivity contribution in [3.8, 4) is 11.5 Å². The standard InChI is InChI=1S/C12H16BrNO2/c1-7(14)12(3-4-12)9-5-8(13)6-10(16-2)11(9)15/h5-7,15H,3-4,14H2,1-2H3. The van der Waals surface area contributed by atoms with Crippen molar-refractivity contribution in [2.75, 3.05) is 7.11 Å². The van der Waals surface area contributed by atoms with Crippen LogP contribution in [0, 0.1) is 0 Å². The Kier molecular flexibility index (Phi) is 2.88. The van der Waals surface area contributed by atoms with Crippen LogP contribution in [0.1, 0.15) is 25.3 Å². The van der Waals surface area contributed by atoms with Gasteiger partial charge in [-0.05, 0) is 31.9 Å². The highest BCUT2D eigenvalue weighted by atomic mass is 79.9. The Hall–Kier alpha value is -0.740. The molecular weight excluding hydrogens is 270 g/mol. The first-order valence-electron chi connectivity index (χ1n) is 5.34. The van der Waals surface area contributed by atoms with E-state index < -0.39 is 0 Å². The van der Waals surface area contributed by atoms with Gasteiger partial charge in [0, 0.05) is 21.5 Å². The molecule has 1 unspecified atom stereocenters. The Morgan fingerprint density at radius 2 is 2.12 bits per heavy atom. The van der Waals surface area contributed by atoms with Gasteiger partial charge in [0.05, 0.1) is 7.11 Å². The topological polar surface area (TPSA) is 55.5 Å². The van der Waals surface area contributed by atoms with E-state index in [1.165, 1.54) is 0 Å². The minimum atomic E-state index is -0.0683. The van der Waals surface area contributed by atoms with Crippen LogP contribution in [-0.4, -0.2) is 18.3 Å². The summed E-state index contributed by atoms with van der Waals surface area (Å²) in [6.07, 6.45) is 2.05. The molecule has 2 rings (SSSR count). The van der Waals surface area contributed by atoms with Crippen LogP contribution in [0.15, 0.2) is 16.6 Å². The lowest BCUT2D eigenvalue weighted by molar-refractivity contribution is 0.364. The smallest absolute Gasteiger partial charge is 0.161 e. The Morgan fingerprint density at radius 1 is 1.50 bits per heavy atom. The molecule has 1 aromatic rings. The molecule has 0 spiro atoms. The maximum atomic E-state index is 10.1. The van der Waals surface area contributed by atoms with Gasteiger partial charge in [0.1, 0.15) is 0 Å². The molecule has 88 valence electrons. The van der Waals surface area contributed by atoms with E-state index in [2.05, 4.69) is 15.9 Å². The van der Waals surface area contributed by atoms with Crippen LogP contribution in [-0.2, 0) is 5.41 Å². The fraction of sp³-hybridized carbons (Fsp3) is 0.500. The molecule has 0 saturated heterocycles. The lowest BCUT2D eigenvalue weighted by atomic mass is 9.88. The molecule has 0 heterocycles. The molecule has 1 aliphatic rings. The predicted molar refractivity (Wildman–Crippen MR) is 66.9 cm³/mol. The van der Waals surface area contributed by atoms with Gasteiger partial charge in [-0.1, -0.05) is 15.9 Å².